The van der Waals surface area contributed by atoms with Gasteiger partial charge in [0.2, 0.25) is 0 Å². The van der Waals surface area contributed by atoms with Crippen LogP contribution in [0.25, 0.3) is 10.9 Å². The molecule has 3 nitrogen and oxygen atoms in total. The number of hydrogen-bond acceptors (Lipinski definition) is 3. The number of nitrogens with zero attached hydrogens (tertiary/aromatic N) is 1. The number of halogens is 1. The maximum Gasteiger partial charge on any atom is 0.131 e. The number of hydrogen-bond donors (Lipinski definition) is 1. The minimum absolute atomic E-state index is 0.176. The Morgan fingerprint density at radius 2 is 1.96 bits per heavy atom. The van der Waals surface area contributed by atoms with Crippen molar-refractivity contribution in [3.05, 3.63) is 59.1 Å². The van der Waals surface area contributed by atoms with E-state index in [0.29, 0.717) is 10.9 Å². The van der Waals surface area contributed by atoms with E-state index in [1.165, 1.54) is 18.4 Å². The van der Waals surface area contributed by atoms with Gasteiger partial charge in [-0.1, -0.05) is 23.7 Å². The lowest BCUT2D eigenvalue weighted by atomic mass is 10.1. The number of rotatable bonds is 5. The van der Waals surface area contributed by atoms with Crippen LogP contribution in [0.15, 0.2) is 48.5 Å². The van der Waals surface area contributed by atoms with Crippen molar-refractivity contribution in [2.45, 2.75) is 38.7 Å². The predicted octanol–water partition coefficient (Wildman–Crippen LogP) is 6.30. The first-order valence-electron chi connectivity index (χ1n) is 8.73. The van der Waals surface area contributed by atoms with Crippen molar-refractivity contribution in [2.24, 2.45) is 0 Å². The third kappa shape index (κ3) is 3.57. The van der Waals surface area contributed by atoms with E-state index >= 15 is 0 Å². The van der Waals surface area contributed by atoms with Crippen molar-refractivity contribution in [3.8, 4) is 5.75 Å². The normalized spacial score (nSPS) is 14.1. The Balaban J connectivity index is 1.67. The Hall–Kier alpha value is -2.26. The van der Waals surface area contributed by atoms with Crippen molar-refractivity contribution in [1.29, 1.82) is 0 Å². The molecule has 0 unspecified atom stereocenters. The van der Waals surface area contributed by atoms with Crippen LogP contribution in [-0.4, -0.2) is 11.1 Å². The molecule has 25 heavy (non-hydrogen) atoms. The van der Waals surface area contributed by atoms with E-state index in [2.05, 4.69) is 22.4 Å². The molecule has 0 radical (unpaired) electrons. The number of pyridine rings is 1. The van der Waals surface area contributed by atoms with Gasteiger partial charge < -0.3 is 10.1 Å². The van der Waals surface area contributed by atoms with Gasteiger partial charge in [-0.05, 0) is 74.6 Å². The molecule has 128 valence electrons. The summed E-state index contributed by atoms with van der Waals surface area (Å²) >= 11 is 6.29. The summed E-state index contributed by atoms with van der Waals surface area (Å²) in [6.07, 6.45) is 2.64. The number of benzene rings is 2. The van der Waals surface area contributed by atoms with Crippen LogP contribution in [-0.2, 0) is 0 Å². The van der Waals surface area contributed by atoms with Crippen molar-refractivity contribution < 1.29 is 4.74 Å². The van der Waals surface area contributed by atoms with Gasteiger partial charge in [-0.15, -0.1) is 0 Å². The molecule has 0 aliphatic heterocycles. The Labute approximate surface area is 153 Å². The maximum absolute atomic E-state index is 6.29. The van der Waals surface area contributed by atoms with Crippen molar-refractivity contribution in [2.75, 3.05) is 5.32 Å². The topological polar surface area (TPSA) is 34.1 Å². The predicted molar refractivity (Wildman–Crippen MR) is 104 cm³/mol. The Morgan fingerprint density at radius 3 is 2.72 bits per heavy atom. The SMILES string of the molecule is CC(C)Oc1ccc(Nc2ccc3cccc(Cl)c3n2)c(C2CC2)c1. The van der Waals surface area contributed by atoms with Crippen molar-refractivity contribution in [1.82, 2.24) is 4.98 Å². The lowest BCUT2D eigenvalue weighted by molar-refractivity contribution is 0.242. The highest BCUT2D eigenvalue weighted by molar-refractivity contribution is 6.35. The fourth-order valence-electron chi connectivity index (χ4n) is 3.05. The average Bonchev–Trinajstić information content (AvgIpc) is 3.41. The lowest BCUT2D eigenvalue weighted by Crippen LogP contribution is -2.06. The van der Waals surface area contributed by atoms with Crippen LogP contribution >= 0.6 is 11.6 Å². The second-order valence-electron chi connectivity index (χ2n) is 6.82. The van der Waals surface area contributed by atoms with Gasteiger partial charge in [-0.2, -0.15) is 0 Å². The molecule has 2 aromatic carbocycles. The van der Waals surface area contributed by atoms with Gasteiger partial charge in [0.1, 0.15) is 11.6 Å². The highest BCUT2D eigenvalue weighted by atomic mass is 35.5. The first-order chi connectivity index (χ1) is 12.1. The molecule has 1 aliphatic rings. The number of aromatic nitrogens is 1. The van der Waals surface area contributed by atoms with Gasteiger partial charge >= 0.3 is 0 Å². The Morgan fingerprint density at radius 1 is 1.12 bits per heavy atom. The first-order valence-corrected chi connectivity index (χ1v) is 9.11. The summed E-state index contributed by atoms with van der Waals surface area (Å²) in [5, 5.41) is 5.18. The second kappa shape index (κ2) is 6.57. The number of ether oxygens (including phenoxy) is 1. The molecule has 1 heterocycles. The van der Waals surface area contributed by atoms with Crippen LogP contribution in [0.2, 0.25) is 5.02 Å². The van der Waals surface area contributed by atoms with E-state index in [0.717, 1.165) is 28.2 Å². The molecule has 0 bridgehead atoms. The summed E-state index contributed by atoms with van der Waals surface area (Å²) in [5.41, 5.74) is 3.22. The third-order valence-corrected chi connectivity index (χ3v) is 4.65. The summed E-state index contributed by atoms with van der Waals surface area (Å²) in [6.45, 7) is 4.09. The number of fused-ring (bicyclic) bond motifs is 1. The molecule has 1 fully saturated rings. The molecule has 0 saturated heterocycles. The van der Waals surface area contributed by atoms with Crippen LogP contribution in [0, 0.1) is 0 Å². The molecular formula is C21H21ClN2O. The number of anilines is 2. The van der Waals surface area contributed by atoms with Gasteiger partial charge in [0.25, 0.3) is 0 Å². The van der Waals surface area contributed by atoms with E-state index in [1.54, 1.807) is 0 Å². The maximum atomic E-state index is 6.29. The van der Waals surface area contributed by atoms with Gasteiger partial charge in [0.15, 0.2) is 0 Å². The largest absolute Gasteiger partial charge is 0.491 e. The minimum atomic E-state index is 0.176. The molecule has 1 aliphatic carbocycles. The molecule has 0 amide bonds. The van der Waals surface area contributed by atoms with Crippen molar-refractivity contribution >= 4 is 34.0 Å². The van der Waals surface area contributed by atoms with Crippen molar-refractivity contribution in [3.63, 3.8) is 0 Å². The number of para-hydroxylation sites is 1. The lowest BCUT2D eigenvalue weighted by Gasteiger charge is -2.15. The third-order valence-electron chi connectivity index (χ3n) is 4.35. The molecule has 1 aromatic heterocycles. The van der Waals surface area contributed by atoms with E-state index in [9.17, 15) is 0 Å². The highest BCUT2D eigenvalue weighted by Crippen LogP contribution is 2.45. The summed E-state index contributed by atoms with van der Waals surface area (Å²) in [5.74, 6) is 2.35. The summed E-state index contributed by atoms with van der Waals surface area (Å²) in [6, 6.07) is 16.1. The standard InChI is InChI=1S/C21H21ClN2O/c1-13(2)25-16-9-10-19(17(12-16)14-6-7-14)23-20-11-8-15-4-3-5-18(22)21(15)24-20/h3-5,8-14H,6-7H2,1-2H3,(H,23,24). The summed E-state index contributed by atoms with van der Waals surface area (Å²) in [4.78, 5) is 4.69. The Kier molecular flexibility index (Phi) is 4.26. The number of nitrogens with one attached hydrogen (secondary N) is 1. The van der Waals surface area contributed by atoms with Crippen LogP contribution in [0.4, 0.5) is 11.5 Å². The van der Waals surface area contributed by atoms with Gasteiger partial charge in [-0.25, -0.2) is 4.98 Å². The summed E-state index contributed by atoms with van der Waals surface area (Å²) in [7, 11) is 0. The Bertz CT molecular complexity index is 919. The van der Waals surface area contributed by atoms with Crippen LogP contribution in [0.1, 0.15) is 38.2 Å². The van der Waals surface area contributed by atoms with E-state index < -0.39 is 0 Å². The van der Waals surface area contributed by atoms with E-state index in [1.807, 2.05) is 50.2 Å². The van der Waals surface area contributed by atoms with Gasteiger partial charge in [0, 0.05) is 11.1 Å². The van der Waals surface area contributed by atoms with Gasteiger partial charge in [-0.3, -0.25) is 0 Å². The van der Waals surface area contributed by atoms with Crippen LogP contribution in [0.3, 0.4) is 0 Å². The highest BCUT2D eigenvalue weighted by Gasteiger charge is 2.27. The fraction of sp³-hybridized carbons (Fsp3) is 0.286. The molecule has 1 N–H and O–H groups in total. The first kappa shape index (κ1) is 16.2. The molecule has 4 rings (SSSR count). The quantitative estimate of drug-likeness (QED) is 0.585. The monoisotopic (exact) mass is 352 g/mol. The second-order valence-corrected chi connectivity index (χ2v) is 7.23. The van der Waals surface area contributed by atoms with E-state index in [-0.39, 0.29) is 6.10 Å². The average molecular weight is 353 g/mol. The summed E-state index contributed by atoms with van der Waals surface area (Å²) < 4.78 is 5.85. The molecule has 0 atom stereocenters. The smallest absolute Gasteiger partial charge is 0.131 e. The van der Waals surface area contributed by atoms with Crippen LogP contribution < -0.4 is 10.1 Å². The molecule has 1 saturated carbocycles. The molecule has 0 spiro atoms. The fourth-order valence-corrected chi connectivity index (χ4v) is 3.27. The van der Waals surface area contributed by atoms with Gasteiger partial charge in [0.05, 0.1) is 16.6 Å². The van der Waals surface area contributed by atoms with Crippen LogP contribution in [0.5, 0.6) is 5.75 Å². The molecule has 3 aromatic rings. The zero-order valence-corrected chi connectivity index (χ0v) is 15.2. The zero-order valence-electron chi connectivity index (χ0n) is 14.4. The van der Waals surface area contributed by atoms with E-state index in [4.69, 9.17) is 16.3 Å². The molecular weight excluding hydrogens is 332 g/mol. The zero-order chi connectivity index (χ0) is 17.4. The molecule has 4 heteroatoms. The minimum Gasteiger partial charge on any atom is -0.491 e.